The van der Waals surface area contributed by atoms with Gasteiger partial charge >= 0.3 is 0 Å². The van der Waals surface area contributed by atoms with E-state index < -0.39 is 0 Å². The van der Waals surface area contributed by atoms with Crippen molar-refractivity contribution < 1.29 is 4.39 Å². The minimum absolute atomic E-state index is 0.242. The predicted octanol–water partition coefficient (Wildman–Crippen LogP) is 2.54. The van der Waals surface area contributed by atoms with Gasteiger partial charge in [0.1, 0.15) is 5.82 Å². The second-order valence-electron chi connectivity index (χ2n) is 4.86. The molecule has 5 heteroatoms. The molecule has 17 heavy (non-hydrogen) atoms. The van der Waals surface area contributed by atoms with E-state index in [0.717, 1.165) is 16.4 Å². The van der Waals surface area contributed by atoms with E-state index in [1.54, 1.807) is 17.8 Å². The number of hydrogen-bond donors (Lipinski definition) is 1. The molecule has 1 aromatic heterocycles. The minimum Gasteiger partial charge on any atom is -0.325 e. The molecule has 0 spiro atoms. The van der Waals surface area contributed by atoms with Crippen molar-refractivity contribution in [1.29, 1.82) is 0 Å². The molecule has 0 bridgehead atoms. The molecule has 0 fully saturated rings. The van der Waals surface area contributed by atoms with Crippen LogP contribution in [-0.4, -0.2) is 20.8 Å². The first-order valence-corrected chi connectivity index (χ1v) is 6.39. The third-order valence-electron chi connectivity index (χ3n) is 2.38. The van der Waals surface area contributed by atoms with Crippen molar-refractivity contribution in [3.63, 3.8) is 0 Å². The van der Waals surface area contributed by atoms with Crippen LogP contribution in [-0.2, 0) is 7.05 Å². The number of aromatic nitrogens is 2. The second-order valence-corrected chi connectivity index (χ2v) is 5.81. The molecule has 0 amide bonds. The average Bonchev–Trinajstić information content (AvgIpc) is 2.51. The first-order valence-electron chi connectivity index (χ1n) is 5.40. The molecule has 1 heterocycles. The van der Waals surface area contributed by atoms with E-state index in [0.29, 0.717) is 5.52 Å². The van der Waals surface area contributed by atoms with E-state index in [1.165, 1.54) is 12.1 Å². The lowest BCUT2D eigenvalue weighted by Gasteiger charge is -2.16. The molecular formula is C12H16FN3S. The highest BCUT2D eigenvalue weighted by Crippen LogP contribution is 2.25. The molecule has 0 unspecified atom stereocenters. The zero-order valence-corrected chi connectivity index (χ0v) is 11.0. The Morgan fingerprint density at radius 3 is 2.82 bits per heavy atom. The lowest BCUT2D eigenvalue weighted by atomic mass is 10.1. The van der Waals surface area contributed by atoms with Crippen molar-refractivity contribution in [1.82, 2.24) is 9.55 Å². The Labute approximate surface area is 104 Å². The largest absolute Gasteiger partial charge is 0.325 e. The SMILES string of the molecule is Cn1c(SCC(C)(C)N)nc2cc(F)ccc21. The van der Waals surface area contributed by atoms with Gasteiger partial charge in [-0.25, -0.2) is 9.37 Å². The molecule has 92 valence electrons. The van der Waals surface area contributed by atoms with Gasteiger partial charge in [0.25, 0.3) is 0 Å². The van der Waals surface area contributed by atoms with Gasteiger partial charge in [0.15, 0.2) is 5.16 Å². The van der Waals surface area contributed by atoms with Crippen LogP contribution in [0.1, 0.15) is 13.8 Å². The molecule has 0 saturated carbocycles. The third kappa shape index (κ3) is 2.79. The van der Waals surface area contributed by atoms with Crippen molar-refractivity contribution in [2.24, 2.45) is 12.8 Å². The molecular weight excluding hydrogens is 237 g/mol. The highest BCUT2D eigenvalue weighted by Gasteiger charge is 2.15. The lowest BCUT2D eigenvalue weighted by molar-refractivity contribution is 0.590. The van der Waals surface area contributed by atoms with Gasteiger partial charge in [0, 0.05) is 24.4 Å². The van der Waals surface area contributed by atoms with Crippen LogP contribution >= 0.6 is 11.8 Å². The van der Waals surface area contributed by atoms with Gasteiger partial charge in [0.05, 0.1) is 11.0 Å². The zero-order valence-electron chi connectivity index (χ0n) is 10.2. The normalized spacial score (nSPS) is 12.3. The Hall–Kier alpha value is -1.07. The Kier molecular flexibility index (Phi) is 3.14. The van der Waals surface area contributed by atoms with Crippen molar-refractivity contribution >= 4 is 22.8 Å². The molecule has 2 rings (SSSR count). The van der Waals surface area contributed by atoms with Gasteiger partial charge in [-0.2, -0.15) is 0 Å². The Balaban J connectivity index is 2.32. The monoisotopic (exact) mass is 253 g/mol. The topological polar surface area (TPSA) is 43.8 Å². The van der Waals surface area contributed by atoms with E-state index in [9.17, 15) is 4.39 Å². The fraction of sp³-hybridized carbons (Fsp3) is 0.417. The number of nitrogens with zero attached hydrogens (tertiary/aromatic N) is 2. The molecule has 2 N–H and O–H groups in total. The fourth-order valence-corrected chi connectivity index (χ4v) is 2.49. The van der Waals surface area contributed by atoms with Crippen molar-refractivity contribution in [3.8, 4) is 0 Å². The highest BCUT2D eigenvalue weighted by molar-refractivity contribution is 7.99. The van der Waals surface area contributed by atoms with E-state index >= 15 is 0 Å². The zero-order chi connectivity index (χ0) is 12.6. The van der Waals surface area contributed by atoms with Crippen LogP contribution in [0.5, 0.6) is 0 Å². The summed E-state index contributed by atoms with van der Waals surface area (Å²) in [4.78, 5) is 4.41. The number of aryl methyl sites for hydroxylation is 1. The van der Waals surface area contributed by atoms with Gasteiger partial charge in [-0.1, -0.05) is 11.8 Å². The standard InChI is InChI=1S/C12H16FN3S/c1-12(2,14)7-17-11-15-9-6-8(13)4-5-10(9)16(11)3/h4-6H,7,14H2,1-3H3. The number of halogens is 1. The van der Waals surface area contributed by atoms with Crippen molar-refractivity contribution in [2.75, 3.05) is 5.75 Å². The molecule has 0 radical (unpaired) electrons. The van der Waals surface area contributed by atoms with Crippen LogP contribution in [0.15, 0.2) is 23.4 Å². The number of rotatable bonds is 3. The van der Waals surface area contributed by atoms with Crippen LogP contribution in [0.3, 0.4) is 0 Å². The number of benzene rings is 1. The highest BCUT2D eigenvalue weighted by atomic mass is 32.2. The molecule has 3 nitrogen and oxygen atoms in total. The molecule has 0 aliphatic heterocycles. The maximum Gasteiger partial charge on any atom is 0.168 e. The molecule has 0 atom stereocenters. The summed E-state index contributed by atoms with van der Waals surface area (Å²) in [6, 6.07) is 4.65. The summed E-state index contributed by atoms with van der Waals surface area (Å²) < 4.78 is 15.0. The van der Waals surface area contributed by atoms with E-state index in [2.05, 4.69) is 4.98 Å². The van der Waals surface area contributed by atoms with Crippen molar-refractivity contribution in [2.45, 2.75) is 24.5 Å². The Bertz CT molecular complexity index is 542. The fourth-order valence-electron chi connectivity index (χ4n) is 1.53. The quantitative estimate of drug-likeness (QED) is 0.855. The molecule has 1 aromatic carbocycles. The smallest absolute Gasteiger partial charge is 0.168 e. The summed E-state index contributed by atoms with van der Waals surface area (Å²) in [7, 11) is 1.93. The molecule has 0 aliphatic rings. The van der Waals surface area contributed by atoms with E-state index in [1.807, 2.05) is 25.5 Å². The van der Waals surface area contributed by atoms with Gasteiger partial charge in [0.2, 0.25) is 0 Å². The van der Waals surface area contributed by atoms with E-state index in [4.69, 9.17) is 5.73 Å². The number of hydrogen-bond acceptors (Lipinski definition) is 3. The molecule has 0 aliphatic carbocycles. The minimum atomic E-state index is -0.258. The van der Waals surface area contributed by atoms with Gasteiger partial charge in [-0.15, -0.1) is 0 Å². The maximum atomic E-state index is 13.1. The number of imidazole rings is 1. The third-order valence-corrected chi connectivity index (χ3v) is 3.89. The Morgan fingerprint density at radius 1 is 1.47 bits per heavy atom. The van der Waals surface area contributed by atoms with Gasteiger partial charge in [-0.3, -0.25) is 0 Å². The molecule has 2 aromatic rings. The van der Waals surface area contributed by atoms with E-state index in [-0.39, 0.29) is 11.4 Å². The van der Waals surface area contributed by atoms with Crippen LogP contribution in [0, 0.1) is 5.82 Å². The summed E-state index contributed by atoms with van der Waals surface area (Å²) in [5.74, 6) is 0.512. The van der Waals surface area contributed by atoms with Gasteiger partial charge < -0.3 is 10.3 Å². The first-order chi connectivity index (χ1) is 7.87. The van der Waals surface area contributed by atoms with Crippen LogP contribution in [0.25, 0.3) is 11.0 Å². The lowest BCUT2D eigenvalue weighted by Crippen LogP contribution is -2.34. The van der Waals surface area contributed by atoms with Crippen LogP contribution in [0.4, 0.5) is 4.39 Å². The molecule has 0 saturated heterocycles. The summed E-state index contributed by atoms with van der Waals surface area (Å²) >= 11 is 1.59. The number of fused-ring (bicyclic) bond motifs is 1. The summed E-state index contributed by atoms with van der Waals surface area (Å²) in [6.45, 7) is 3.95. The Morgan fingerprint density at radius 2 is 2.18 bits per heavy atom. The van der Waals surface area contributed by atoms with Crippen molar-refractivity contribution in [3.05, 3.63) is 24.0 Å². The summed E-state index contributed by atoms with van der Waals surface area (Å²) in [6.07, 6.45) is 0. The second kappa shape index (κ2) is 4.31. The maximum absolute atomic E-state index is 13.1. The number of nitrogens with two attached hydrogens (primary N) is 1. The average molecular weight is 253 g/mol. The predicted molar refractivity (Wildman–Crippen MR) is 69.7 cm³/mol. The van der Waals surface area contributed by atoms with Gasteiger partial charge in [-0.05, 0) is 26.0 Å². The van der Waals surface area contributed by atoms with Crippen LogP contribution < -0.4 is 5.73 Å². The van der Waals surface area contributed by atoms with Crippen LogP contribution in [0.2, 0.25) is 0 Å². The first kappa shape index (κ1) is 12.4. The summed E-state index contributed by atoms with van der Waals surface area (Å²) in [5, 5.41) is 0.865. The summed E-state index contributed by atoms with van der Waals surface area (Å²) in [5.41, 5.74) is 7.31. The number of thioether (sulfide) groups is 1.